The number of halogens is 2. The summed E-state index contributed by atoms with van der Waals surface area (Å²) in [5.74, 6) is -0.204. The molecule has 4 N–H and O–H groups in total. The number of amides is 1. The standard InChI is InChI=1S/C21H25ClFN7O/c1-2-5-17(31)30-7-4-3-6-21(30,24)12-28-20-16(23)11-27-19(29-20)15-10-26-18-14(15)8-13(22)9-25-18/h8-11H,2-7,12,24H2,1H3,(H,25,26)(H,27,28,29)/t21-/m1/s1. The van der Waals surface area contributed by atoms with Crippen LogP contribution in [-0.2, 0) is 4.79 Å². The summed E-state index contributed by atoms with van der Waals surface area (Å²) in [7, 11) is 0. The lowest BCUT2D eigenvalue weighted by Gasteiger charge is -2.44. The highest BCUT2D eigenvalue weighted by molar-refractivity contribution is 6.31. The van der Waals surface area contributed by atoms with E-state index in [-0.39, 0.29) is 18.3 Å². The molecule has 4 rings (SSSR count). The van der Waals surface area contributed by atoms with Gasteiger partial charge in [0.1, 0.15) is 11.3 Å². The first kappa shape index (κ1) is 21.5. The van der Waals surface area contributed by atoms with Crippen molar-refractivity contribution in [2.45, 2.75) is 44.7 Å². The molecule has 164 valence electrons. The molecule has 0 aromatic carbocycles. The molecule has 0 radical (unpaired) electrons. The molecular weight excluding hydrogens is 421 g/mol. The van der Waals surface area contributed by atoms with Crippen molar-refractivity contribution in [1.29, 1.82) is 0 Å². The molecule has 1 fully saturated rings. The van der Waals surface area contributed by atoms with E-state index in [9.17, 15) is 9.18 Å². The Balaban J connectivity index is 1.59. The van der Waals surface area contributed by atoms with Gasteiger partial charge in [0.2, 0.25) is 5.91 Å². The van der Waals surface area contributed by atoms with E-state index in [1.165, 1.54) is 0 Å². The van der Waals surface area contributed by atoms with E-state index in [0.717, 1.165) is 30.8 Å². The number of aromatic amines is 1. The number of nitrogens with one attached hydrogen (secondary N) is 2. The molecule has 1 saturated heterocycles. The Morgan fingerprint density at radius 2 is 2.23 bits per heavy atom. The number of aromatic nitrogens is 4. The number of hydrogen-bond acceptors (Lipinski definition) is 6. The zero-order valence-electron chi connectivity index (χ0n) is 17.3. The maximum Gasteiger partial charge on any atom is 0.224 e. The summed E-state index contributed by atoms with van der Waals surface area (Å²) in [6, 6.07) is 1.75. The van der Waals surface area contributed by atoms with Gasteiger partial charge in [-0.15, -0.1) is 0 Å². The molecular formula is C21H25ClFN7O. The van der Waals surface area contributed by atoms with E-state index in [1.54, 1.807) is 23.4 Å². The van der Waals surface area contributed by atoms with E-state index in [1.807, 2.05) is 6.92 Å². The second-order valence-corrected chi connectivity index (χ2v) is 8.29. The normalized spacial score (nSPS) is 19.0. The topological polar surface area (TPSA) is 113 Å². The second-order valence-electron chi connectivity index (χ2n) is 7.85. The van der Waals surface area contributed by atoms with Crippen LogP contribution in [0.4, 0.5) is 10.2 Å². The molecule has 0 aliphatic carbocycles. The molecule has 31 heavy (non-hydrogen) atoms. The molecule has 0 bridgehead atoms. The van der Waals surface area contributed by atoms with E-state index in [0.29, 0.717) is 41.4 Å². The fourth-order valence-corrected chi connectivity index (χ4v) is 4.14. The Kier molecular flexibility index (Phi) is 6.06. The molecule has 4 heterocycles. The lowest BCUT2D eigenvalue weighted by atomic mass is 9.95. The molecule has 1 atom stereocenters. The van der Waals surface area contributed by atoms with Crippen LogP contribution in [0.2, 0.25) is 5.02 Å². The van der Waals surface area contributed by atoms with Crippen LogP contribution in [0.25, 0.3) is 22.4 Å². The number of rotatable bonds is 6. The third-order valence-electron chi connectivity index (χ3n) is 5.59. The van der Waals surface area contributed by atoms with Crippen LogP contribution in [0.3, 0.4) is 0 Å². The Bertz CT molecular complexity index is 1100. The quantitative estimate of drug-likeness (QED) is 0.533. The van der Waals surface area contributed by atoms with Gasteiger partial charge in [-0.05, 0) is 31.7 Å². The van der Waals surface area contributed by atoms with Gasteiger partial charge in [0.25, 0.3) is 0 Å². The van der Waals surface area contributed by atoms with Crippen LogP contribution in [-0.4, -0.2) is 49.5 Å². The van der Waals surface area contributed by atoms with Gasteiger partial charge in [-0.3, -0.25) is 4.79 Å². The minimum Gasteiger partial charge on any atom is -0.364 e. The smallest absolute Gasteiger partial charge is 0.224 e. The van der Waals surface area contributed by atoms with Crippen molar-refractivity contribution in [3.05, 3.63) is 35.5 Å². The summed E-state index contributed by atoms with van der Waals surface area (Å²) in [6.07, 6.45) is 8.04. The maximum absolute atomic E-state index is 14.5. The van der Waals surface area contributed by atoms with Gasteiger partial charge < -0.3 is 20.9 Å². The number of H-pyrrole nitrogens is 1. The summed E-state index contributed by atoms with van der Waals surface area (Å²) in [6.45, 7) is 2.76. The largest absolute Gasteiger partial charge is 0.364 e. The minimum absolute atomic E-state index is 0.0264. The average Bonchev–Trinajstić information content (AvgIpc) is 3.16. The number of hydrogen-bond donors (Lipinski definition) is 3. The highest BCUT2D eigenvalue weighted by atomic mass is 35.5. The third-order valence-corrected chi connectivity index (χ3v) is 5.80. The van der Waals surface area contributed by atoms with Crippen molar-refractivity contribution in [3.63, 3.8) is 0 Å². The number of anilines is 1. The van der Waals surface area contributed by atoms with Gasteiger partial charge in [-0.25, -0.2) is 19.3 Å². The third kappa shape index (κ3) is 4.33. The number of likely N-dealkylation sites (tertiary alicyclic amines) is 1. The Morgan fingerprint density at radius 1 is 1.39 bits per heavy atom. The molecule has 8 nitrogen and oxygen atoms in total. The lowest BCUT2D eigenvalue weighted by molar-refractivity contribution is -0.139. The lowest BCUT2D eigenvalue weighted by Crippen LogP contribution is -2.64. The molecule has 1 aliphatic rings. The molecule has 1 aliphatic heterocycles. The van der Waals surface area contributed by atoms with Crippen LogP contribution in [0, 0.1) is 5.82 Å². The molecule has 0 unspecified atom stereocenters. The Morgan fingerprint density at radius 3 is 3.03 bits per heavy atom. The molecule has 0 spiro atoms. The van der Waals surface area contributed by atoms with Crippen LogP contribution < -0.4 is 11.1 Å². The van der Waals surface area contributed by atoms with Crippen molar-refractivity contribution in [2.24, 2.45) is 5.73 Å². The van der Waals surface area contributed by atoms with Crippen LogP contribution in [0.1, 0.15) is 39.0 Å². The predicted octanol–water partition coefficient (Wildman–Crippen LogP) is 3.69. The summed E-state index contributed by atoms with van der Waals surface area (Å²) >= 11 is 6.07. The molecule has 3 aromatic rings. The van der Waals surface area contributed by atoms with E-state index < -0.39 is 11.5 Å². The van der Waals surface area contributed by atoms with E-state index in [2.05, 4.69) is 25.3 Å². The summed E-state index contributed by atoms with van der Waals surface area (Å²) in [4.78, 5) is 30.0. The summed E-state index contributed by atoms with van der Waals surface area (Å²) < 4.78 is 14.5. The highest BCUT2D eigenvalue weighted by Gasteiger charge is 2.37. The number of nitrogens with zero attached hydrogens (tertiary/aromatic N) is 4. The van der Waals surface area contributed by atoms with Crippen molar-refractivity contribution in [3.8, 4) is 11.4 Å². The van der Waals surface area contributed by atoms with Gasteiger partial charge in [0, 0.05) is 36.3 Å². The van der Waals surface area contributed by atoms with Crippen LogP contribution in [0.15, 0.2) is 24.7 Å². The number of pyridine rings is 1. The zero-order chi connectivity index (χ0) is 22.0. The van der Waals surface area contributed by atoms with Crippen molar-refractivity contribution in [2.75, 3.05) is 18.4 Å². The zero-order valence-corrected chi connectivity index (χ0v) is 18.0. The fraction of sp³-hybridized carbons (Fsp3) is 0.429. The first-order chi connectivity index (χ1) is 14.9. The van der Waals surface area contributed by atoms with E-state index in [4.69, 9.17) is 17.3 Å². The maximum atomic E-state index is 14.5. The fourth-order valence-electron chi connectivity index (χ4n) is 3.98. The first-order valence-electron chi connectivity index (χ1n) is 10.4. The van der Waals surface area contributed by atoms with Crippen LogP contribution >= 0.6 is 11.6 Å². The second kappa shape index (κ2) is 8.76. The number of fused-ring (bicyclic) bond motifs is 1. The monoisotopic (exact) mass is 445 g/mol. The Hall–Kier alpha value is -2.78. The molecule has 0 saturated carbocycles. The van der Waals surface area contributed by atoms with Gasteiger partial charge in [0.15, 0.2) is 17.5 Å². The predicted molar refractivity (Wildman–Crippen MR) is 118 cm³/mol. The molecule has 10 heteroatoms. The summed E-state index contributed by atoms with van der Waals surface area (Å²) in [5, 5.41) is 4.23. The van der Waals surface area contributed by atoms with Gasteiger partial charge >= 0.3 is 0 Å². The number of carbonyl (C=O) groups is 1. The number of carbonyl (C=O) groups excluding carboxylic acids is 1. The van der Waals surface area contributed by atoms with Crippen molar-refractivity contribution < 1.29 is 9.18 Å². The minimum atomic E-state index is -0.889. The van der Waals surface area contributed by atoms with Crippen molar-refractivity contribution in [1.82, 2.24) is 24.8 Å². The SMILES string of the molecule is CCCC(=O)N1CCCC[C@]1(N)CNc1nc(-c2c[nH]c3ncc(Cl)cc23)ncc1F. The molecule has 3 aromatic heterocycles. The number of piperidine rings is 1. The first-order valence-corrected chi connectivity index (χ1v) is 10.8. The molecule has 1 amide bonds. The van der Waals surface area contributed by atoms with Gasteiger partial charge in [-0.2, -0.15) is 0 Å². The Labute approximate surface area is 184 Å². The highest BCUT2D eigenvalue weighted by Crippen LogP contribution is 2.29. The van der Waals surface area contributed by atoms with E-state index >= 15 is 0 Å². The summed E-state index contributed by atoms with van der Waals surface area (Å²) in [5.41, 5.74) is 7.01. The number of nitrogens with two attached hydrogens (primary N) is 1. The van der Waals surface area contributed by atoms with Gasteiger partial charge in [0.05, 0.1) is 17.8 Å². The van der Waals surface area contributed by atoms with Gasteiger partial charge in [-0.1, -0.05) is 18.5 Å². The van der Waals surface area contributed by atoms with Crippen molar-refractivity contribution >= 4 is 34.4 Å². The van der Waals surface area contributed by atoms with Crippen LogP contribution in [0.5, 0.6) is 0 Å². The average molecular weight is 446 g/mol.